The van der Waals surface area contributed by atoms with Gasteiger partial charge >= 0.3 is 5.76 Å². The van der Waals surface area contributed by atoms with Crippen molar-refractivity contribution in [3.8, 4) is 11.3 Å². The van der Waals surface area contributed by atoms with Gasteiger partial charge < -0.3 is 9.32 Å². The number of likely N-dealkylation sites (tertiary alicyclic amines) is 1. The second-order valence-corrected chi connectivity index (χ2v) is 7.39. The van der Waals surface area contributed by atoms with E-state index >= 15 is 0 Å². The summed E-state index contributed by atoms with van der Waals surface area (Å²) in [7, 11) is 0. The van der Waals surface area contributed by atoms with Crippen LogP contribution in [0, 0.1) is 5.82 Å². The van der Waals surface area contributed by atoms with Gasteiger partial charge in [-0.25, -0.2) is 13.9 Å². The first-order valence-electron chi connectivity index (χ1n) is 9.71. The molecule has 1 fully saturated rings. The molecule has 1 aliphatic heterocycles. The van der Waals surface area contributed by atoms with Crippen LogP contribution >= 0.6 is 0 Å². The van der Waals surface area contributed by atoms with E-state index in [2.05, 4.69) is 5.10 Å². The summed E-state index contributed by atoms with van der Waals surface area (Å²) in [5.41, 5.74) is 1.71. The van der Waals surface area contributed by atoms with Crippen LogP contribution in [0.1, 0.15) is 6.04 Å². The third-order valence-electron chi connectivity index (χ3n) is 5.37. The SMILES string of the molecule is O=C(Cn1c(=O)oc2ccccc21)N1CC(n2nc(-c3cccc(F)c3)ccc2=O)C1. The average Bonchev–Trinajstić information content (AvgIpc) is 3.03. The summed E-state index contributed by atoms with van der Waals surface area (Å²) in [5.74, 6) is -1.23. The molecule has 8 nitrogen and oxygen atoms in total. The van der Waals surface area contributed by atoms with E-state index < -0.39 is 5.76 Å². The minimum Gasteiger partial charge on any atom is -0.408 e. The molecule has 9 heteroatoms. The highest BCUT2D eigenvalue weighted by molar-refractivity contribution is 5.80. The van der Waals surface area contributed by atoms with Crippen molar-refractivity contribution in [1.29, 1.82) is 0 Å². The molecule has 0 spiro atoms. The molecular formula is C22H17FN4O4. The lowest BCUT2D eigenvalue weighted by molar-refractivity contribution is -0.137. The zero-order chi connectivity index (χ0) is 21.5. The molecule has 0 aliphatic carbocycles. The first-order chi connectivity index (χ1) is 15.0. The van der Waals surface area contributed by atoms with Crippen molar-refractivity contribution in [2.45, 2.75) is 12.6 Å². The Bertz CT molecular complexity index is 1410. The van der Waals surface area contributed by atoms with Crippen molar-refractivity contribution in [2.75, 3.05) is 13.1 Å². The minimum atomic E-state index is -0.590. The van der Waals surface area contributed by atoms with Gasteiger partial charge in [-0.15, -0.1) is 0 Å². The van der Waals surface area contributed by atoms with E-state index in [1.54, 1.807) is 47.4 Å². The standard InChI is InChI=1S/C22H17FN4O4/c23-15-5-3-4-14(10-15)17-8-9-20(28)27(24-17)16-11-25(12-16)21(29)13-26-18-6-1-2-7-19(18)31-22(26)30/h1-10,16H,11-13H2. The van der Waals surface area contributed by atoms with Crippen molar-refractivity contribution in [1.82, 2.24) is 19.2 Å². The van der Waals surface area contributed by atoms with Gasteiger partial charge in [0.2, 0.25) is 5.91 Å². The van der Waals surface area contributed by atoms with E-state index in [9.17, 15) is 18.8 Å². The van der Waals surface area contributed by atoms with Gasteiger partial charge in [-0.3, -0.25) is 14.2 Å². The molecular weight excluding hydrogens is 403 g/mol. The molecule has 0 radical (unpaired) electrons. The smallest absolute Gasteiger partial charge is 0.408 e. The summed E-state index contributed by atoms with van der Waals surface area (Å²) >= 11 is 0. The van der Waals surface area contributed by atoms with Crippen LogP contribution in [0.2, 0.25) is 0 Å². The molecule has 4 aromatic rings. The van der Waals surface area contributed by atoms with Crippen molar-refractivity contribution in [3.63, 3.8) is 0 Å². The topological polar surface area (TPSA) is 90.3 Å². The summed E-state index contributed by atoms with van der Waals surface area (Å²) in [6.07, 6.45) is 0. The molecule has 156 valence electrons. The number of hydrogen-bond acceptors (Lipinski definition) is 5. The zero-order valence-electron chi connectivity index (χ0n) is 16.3. The second kappa shape index (κ2) is 7.35. The van der Waals surface area contributed by atoms with Crippen LogP contribution in [0.5, 0.6) is 0 Å². The fourth-order valence-corrected chi connectivity index (χ4v) is 3.70. The Balaban J connectivity index is 1.32. The van der Waals surface area contributed by atoms with Crippen LogP contribution in [0.3, 0.4) is 0 Å². The number of nitrogens with zero attached hydrogens (tertiary/aromatic N) is 4. The van der Waals surface area contributed by atoms with E-state index in [1.165, 1.54) is 27.4 Å². The highest BCUT2D eigenvalue weighted by atomic mass is 19.1. The van der Waals surface area contributed by atoms with E-state index in [1.807, 2.05) is 0 Å². The number of hydrogen-bond donors (Lipinski definition) is 0. The maximum Gasteiger partial charge on any atom is 0.420 e. The monoisotopic (exact) mass is 420 g/mol. The number of rotatable bonds is 4. The Morgan fingerprint density at radius 1 is 1.06 bits per heavy atom. The van der Waals surface area contributed by atoms with Gasteiger partial charge in [0.05, 0.1) is 17.3 Å². The normalized spacial score (nSPS) is 14.0. The molecule has 5 rings (SSSR count). The third kappa shape index (κ3) is 3.43. The lowest BCUT2D eigenvalue weighted by Crippen LogP contribution is -2.54. The molecule has 2 aromatic carbocycles. The van der Waals surface area contributed by atoms with E-state index in [0.29, 0.717) is 35.4 Å². The van der Waals surface area contributed by atoms with Crippen LogP contribution in [-0.4, -0.2) is 38.2 Å². The molecule has 1 aliphatic rings. The lowest BCUT2D eigenvalue weighted by Gasteiger charge is -2.39. The maximum atomic E-state index is 13.5. The van der Waals surface area contributed by atoms with Crippen molar-refractivity contribution >= 4 is 17.0 Å². The number of fused-ring (bicyclic) bond motifs is 1. The number of carbonyl (C=O) groups excluding carboxylic acids is 1. The predicted octanol–water partition coefficient (Wildman–Crippen LogP) is 2.04. The summed E-state index contributed by atoms with van der Waals surface area (Å²) < 4.78 is 21.3. The van der Waals surface area contributed by atoms with Gasteiger partial charge in [0, 0.05) is 24.7 Å². The summed E-state index contributed by atoms with van der Waals surface area (Å²) in [4.78, 5) is 38.6. The molecule has 1 saturated heterocycles. The molecule has 2 aromatic heterocycles. The fourth-order valence-electron chi connectivity index (χ4n) is 3.70. The first-order valence-corrected chi connectivity index (χ1v) is 9.71. The van der Waals surface area contributed by atoms with Gasteiger partial charge in [-0.1, -0.05) is 24.3 Å². The first kappa shape index (κ1) is 19.0. The molecule has 0 unspecified atom stereocenters. The highest BCUT2D eigenvalue weighted by Crippen LogP contribution is 2.22. The van der Waals surface area contributed by atoms with Gasteiger partial charge in [0.25, 0.3) is 5.56 Å². The van der Waals surface area contributed by atoms with Crippen LogP contribution in [-0.2, 0) is 11.3 Å². The van der Waals surface area contributed by atoms with Crippen LogP contribution in [0.15, 0.2) is 74.7 Å². The highest BCUT2D eigenvalue weighted by Gasteiger charge is 2.33. The van der Waals surface area contributed by atoms with E-state index in [-0.39, 0.29) is 29.9 Å². The predicted molar refractivity (Wildman–Crippen MR) is 110 cm³/mol. The number of amides is 1. The summed E-state index contributed by atoms with van der Waals surface area (Å²) in [6.45, 7) is 0.444. The Hall–Kier alpha value is -4.01. The van der Waals surface area contributed by atoms with E-state index in [0.717, 1.165) is 0 Å². The molecule has 0 N–H and O–H groups in total. The summed E-state index contributed by atoms with van der Waals surface area (Å²) in [5, 5.41) is 4.36. The Kier molecular flexibility index (Phi) is 4.50. The number of oxazole rings is 1. The van der Waals surface area contributed by atoms with Crippen LogP contribution in [0.4, 0.5) is 4.39 Å². The average molecular weight is 420 g/mol. The molecule has 3 heterocycles. The largest absolute Gasteiger partial charge is 0.420 e. The number of benzene rings is 2. The number of halogens is 1. The summed E-state index contributed by atoms with van der Waals surface area (Å²) in [6, 6.07) is 15.5. The Morgan fingerprint density at radius 3 is 2.68 bits per heavy atom. The quantitative estimate of drug-likeness (QED) is 0.504. The molecule has 0 bridgehead atoms. The van der Waals surface area contributed by atoms with Crippen molar-refractivity contribution in [2.24, 2.45) is 0 Å². The molecule has 0 saturated carbocycles. The number of aromatic nitrogens is 3. The van der Waals surface area contributed by atoms with Crippen molar-refractivity contribution < 1.29 is 13.6 Å². The minimum absolute atomic E-state index is 0.145. The second-order valence-electron chi connectivity index (χ2n) is 7.39. The molecule has 0 atom stereocenters. The van der Waals surface area contributed by atoms with Gasteiger partial charge in [0.1, 0.15) is 12.4 Å². The maximum absolute atomic E-state index is 13.5. The fraction of sp³-hybridized carbons (Fsp3) is 0.182. The van der Waals surface area contributed by atoms with Gasteiger partial charge in [-0.05, 0) is 30.3 Å². The number of carbonyl (C=O) groups is 1. The van der Waals surface area contributed by atoms with Crippen molar-refractivity contribution in [3.05, 3.63) is 87.4 Å². The number of para-hydroxylation sites is 2. The zero-order valence-corrected chi connectivity index (χ0v) is 16.3. The molecule has 31 heavy (non-hydrogen) atoms. The van der Waals surface area contributed by atoms with Gasteiger partial charge in [0.15, 0.2) is 5.58 Å². The Morgan fingerprint density at radius 2 is 1.87 bits per heavy atom. The molecule has 1 amide bonds. The van der Waals surface area contributed by atoms with Crippen LogP contribution in [0.25, 0.3) is 22.4 Å². The lowest BCUT2D eigenvalue weighted by atomic mass is 10.1. The van der Waals surface area contributed by atoms with E-state index in [4.69, 9.17) is 4.42 Å². The van der Waals surface area contributed by atoms with Gasteiger partial charge in [-0.2, -0.15) is 5.10 Å². The van der Waals surface area contributed by atoms with Crippen LogP contribution < -0.4 is 11.3 Å². The third-order valence-corrected chi connectivity index (χ3v) is 5.37. The Labute approximate surface area is 174 Å².